The minimum atomic E-state index is -4.10. The third kappa shape index (κ3) is 4.47. The normalized spacial score (nSPS) is 15.5. The van der Waals surface area contributed by atoms with Crippen molar-refractivity contribution in [2.24, 2.45) is 7.05 Å². The van der Waals surface area contributed by atoms with Gasteiger partial charge in [0.25, 0.3) is 11.5 Å². The molecule has 2 heterocycles. The van der Waals surface area contributed by atoms with Crippen molar-refractivity contribution in [3.05, 3.63) is 52.8 Å². The van der Waals surface area contributed by atoms with E-state index in [0.717, 1.165) is 5.52 Å². The molecule has 1 fully saturated rings. The van der Waals surface area contributed by atoms with Gasteiger partial charge >= 0.3 is 0 Å². The number of ether oxygens (including phenoxy) is 3. The van der Waals surface area contributed by atoms with Crippen LogP contribution in [0.15, 0.2) is 52.2 Å². The summed E-state index contributed by atoms with van der Waals surface area (Å²) in [6.45, 7) is 0.930. The van der Waals surface area contributed by atoms with Gasteiger partial charge in [0, 0.05) is 39.3 Å². The van der Waals surface area contributed by atoms with E-state index in [2.05, 4.69) is 0 Å². The fraction of sp³-hybridized carbons (Fsp3) is 0.417. The molecule has 0 saturated carbocycles. The number of rotatable bonds is 9. The van der Waals surface area contributed by atoms with Gasteiger partial charge in [0.15, 0.2) is 14.6 Å². The summed E-state index contributed by atoms with van der Waals surface area (Å²) >= 11 is 0. The Morgan fingerprint density at radius 2 is 1.81 bits per heavy atom. The van der Waals surface area contributed by atoms with E-state index in [9.17, 15) is 18.0 Å². The van der Waals surface area contributed by atoms with Crippen LogP contribution in [0, 0.1) is 0 Å². The molecule has 0 aliphatic carbocycles. The first-order chi connectivity index (χ1) is 17.2. The zero-order chi connectivity index (χ0) is 25.9. The molecule has 11 nitrogen and oxygen atoms in total. The molecule has 12 heteroatoms. The largest absolute Gasteiger partial charge is 0.497 e. The Hall–Kier alpha value is -3.35. The van der Waals surface area contributed by atoms with Crippen LogP contribution in [0.5, 0.6) is 11.5 Å². The summed E-state index contributed by atoms with van der Waals surface area (Å²) in [4.78, 5) is 25.0. The number of hydroxylamine groups is 1. The molecule has 194 valence electrons. The fourth-order valence-electron chi connectivity index (χ4n) is 4.51. The summed E-state index contributed by atoms with van der Waals surface area (Å²) < 4.78 is 44.4. The number of hydrogen-bond donors (Lipinski definition) is 2. The summed E-state index contributed by atoms with van der Waals surface area (Å²) in [5.41, 5.74) is 2.18. The van der Waals surface area contributed by atoms with Crippen LogP contribution in [0.4, 0.5) is 0 Å². The van der Waals surface area contributed by atoms with Gasteiger partial charge in [-0.3, -0.25) is 19.5 Å². The van der Waals surface area contributed by atoms with Crippen LogP contribution in [-0.4, -0.2) is 60.6 Å². The first-order valence-electron chi connectivity index (χ1n) is 11.5. The lowest BCUT2D eigenvalue weighted by atomic mass is 9.98. The Balaban J connectivity index is 1.41. The highest BCUT2D eigenvalue weighted by Crippen LogP contribution is 2.35. The first-order valence-corrected chi connectivity index (χ1v) is 13.0. The molecule has 0 radical (unpaired) electrons. The van der Waals surface area contributed by atoms with Crippen molar-refractivity contribution in [1.29, 1.82) is 0 Å². The highest BCUT2D eigenvalue weighted by Gasteiger charge is 2.52. The Morgan fingerprint density at radius 3 is 2.44 bits per heavy atom. The van der Waals surface area contributed by atoms with E-state index in [1.54, 1.807) is 28.6 Å². The lowest BCUT2D eigenvalue weighted by Gasteiger charge is -2.34. The van der Waals surface area contributed by atoms with Crippen molar-refractivity contribution in [3.8, 4) is 11.5 Å². The predicted octanol–water partition coefficient (Wildman–Crippen LogP) is 1.65. The molecule has 4 rings (SSSR count). The van der Waals surface area contributed by atoms with E-state index in [4.69, 9.17) is 19.4 Å². The number of carbonyl (C=O) groups is 1. The molecule has 0 spiro atoms. The van der Waals surface area contributed by atoms with Crippen LogP contribution in [0.3, 0.4) is 0 Å². The highest BCUT2D eigenvalue weighted by atomic mass is 32.2. The van der Waals surface area contributed by atoms with Crippen molar-refractivity contribution in [2.75, 3.05) is 26.9 Å². The average Bonchev–Trinajstić information content (AvgIpc) is 3.15. The van der Waals surface area contributed by atoms with Gasteiger partial charge in [-0.2, -0.15) is 0 Å². The zero-order valence-electron chi connectivity index (χ0n) is 20.1. The van der Waals surface area contributed by atoms with E-state index >= 15 is 0 Å². The van der Waals surface area contributed by atoms with E-state index in [1.807, 2.05) is 13.1 Å². The van der Waals surface area contributed by atoms with Gasteiger partial charge in [0.05, 0.1) is 29.5 Å². The number of nitrogens with zero attached hydrogens (tertiary/aromatic N) is 2. The van der Waals surface area contributed by atoms with Crippen LogP contribution in [0.2, 0.25) is 0 Å². The van der Waals surface area contributed by atoms with Crippen molar-refractivity contribution < 1.29 is 32.6 Å². The number of aromatic nitrogens is 2. The molecule has 0 bridgehead atoms. The molecule has 1 aliphatic heterocycles. The summed E-state index contributed by atoms with van der Waals surface area (Å²) in [6, 6.07) is 11.1. The monoisotopic (exact) mass is 519 g/mol. The third-order valence-corrected chi connectivity index (χ3v) is 9.14. The smallest absolute Gasteiger partial charge is 0.274 e. The summed E-state index contributed by atoms with van der Waals surface area (Å²) in [5.74, 6) is 0.160. The number of benzene rings is 2. The van der Waals surface area contributed by atoms with E-state index in [-0.39, 0.29) is 36.5 Å². The molecule has 2 N–H and O–H groups in total. The molecule has 36 heavy (non-hydrogen) atoms. The quantitative estimate of drug-likeness (QED) is 0.247. The minimum Gasteiger partial charge on any atom is -0.497 e. The van der Waals surface area contributed by atoms with Crippen LogP contribution in [0.1, 0.15) is 19.3 Å². The Bertz CT molecular complexity index is 1400. The zero-order valence-corrected chi connectivity index (χ0v) is 20.9. The van der Waals surface area contributed by atoms with Gasteiger partial charge in [-0.15, -0.1) is 0 Å². The first kappa shape index (κ1) is 25.7. The molecule has 0 unspecified atom stereocenters. The Kier molecular flexibility index (Phi) is 7.38. The van der Waals surface area contributed by atoms with Gasteiger partial charge in [-0.05, 0) is 49.2 Å². The summed E-state index contributed by atoms with van der Waals surface area (Å²) in [7, 11) is -0.713. The predicted molar refractivity (Wildman–Crippen MR) is 130 cm³/mol. The van der Waals surface area contributed by atoms with Gasteiger partial charge in [-0.25, -0.2) is 18.6 Å². The second kappa shape index (κ2) is 10.3. The van der Waals surface area contributed by atoms with Crippen LogP contribution < -0.4 is 20.5 Å². The molecular weight excluding hydrogens is 490 g/mol. The van der Waals surface area contributed by atoms with Gasteiger partial charge in [0.2, 0.25) is 0 Å². The van der Waals surface area contributed by atoms with Gasteiger partial charge < -0.3 is 14.2 Å². The number of methoxy groups -OCH3 is 1. The molecule has 1 amide bonds. The van der Waals surface area contributed by atoms with Crippen molar-refractivity contribution >= 4 is 26.6 Å². The number of carbonyl (C=O) groups excluding carboxylic acids is 1. The molecule has 2 aromatic carbocycles. The standard InChI is InChI=1S/C24H29N3O8S/c1-26-21-16-18(33-2)6-9-20(21)22(28)27(26)12-3-13-35-17-4-7-19(8-5-17)36(31,32)24(23(29)25-30)10-14-34-15-11-24/h4-9,16,30H,3,10-15H2,1-2H3,(H,25,29). The Labute approximate surface area is 208 Å². The minimum absolute atomic E-state index is 0.0437. The van der Waals surface area contributed by atoms with Crippen LogP contribution >= 0.6 is 0 Å². The molecular formula is C24H29N3O8S. The number of fused-ring (bicyclic) bond motifs is 1. The Morgan fingerprint density at radius 1 is 1.14 bits per heavy atom. The average molecular weight is 520 g/mol. The molecule has 1 aromatic heterocycles. The number of aryl methyl sites for hydroxylation is 1. The lowest BCUT2D eigenvalue weighted by molar-refractivity contribution is -0.134. The topological polar surface area (TPSA) is 138 Å². The summed E-state index contributed by atoms with van der Waals surface area (Å²) in [6.07, 6.45) is 0.432. The molecule has 1 aliphatic rings. The molecule has 0 atom stereocenters. The van der Waals surface area contributed by atoms with Crippen molar-refractivity contribution in [3.63, 3.8) is 0 Å². The highest BCUT2D eigenvalue weighted by molar-refractivity contribution is 7.93. The van der Waals surface area contributed by atoms with E-state index < -0.39 is 20.5 Å². The fourth-order valence-corrected chi connectivity index (χ4v) is 6.45. The van der Waals surface area contributed by atoms with Crippen molar-refractivity contribution in [2.45, 2.75) is 35.4 Å². The SMILES string of the molecule is COc1ccc2c(=O)n(CCCOc3ccc(S(=O)(=O)C4(C(=O)NO)CCOCC4)cc3)n(C)c2c1. The van der Waals surface area contributed by atoms with E-state index in [0.29, 0.717) is 36.5 Å². The maximum Gasteiger partial charge on any atom is 0.274 e. The second-order valence-electron chi connectivity index (χ2n) is 8.56. The van der Waals surface area contributed by atoms with Crippen molar-refractivity contribution in [1.82, 2.24) is 14.8 Å². The third-order valence-electron chi connectivity index (χ3n) is 6.63. The second-order valence-corrected chi connectivity index (χ2v) is 10.8. The number of hydrogen-bond acceptors (Lipinski definition) is 8. The van der Waals surface area contributed by atoms with Gasteiger partial charge in [-0.1, -0.05) is 0 Å². The lowest BCUT2D eigenvalue weighted by Crippen LogP contribution is -2.54. The maximum absolute atomic E-state index is 13.3. The van der Waals surface area contributed by atoms with Crippen LogP contribution in [0.25, 0.3) is 10.9 Å². The number of sulfone groups is 1. The summed E-state index contributed by atoms with van der Waals surface area (Å²) in [5, 5.41) is 9.76. The van der Waals surface area contributed by atoms with E-state index in [1.165, 1.54) is 29.7 Å². The van der Waals surface area contributed by atoms with Crippen LogP contribution in [-0.2, 0) is 33.0 Å². The van der Waals surface area contributed by atoms with Gasteiger partial charge in [0.1, 0.15) is 11.5 Å². The maximum atomic E-state index is 13.3. The number of nitrogens with one attached hydrogen (secondary N) is 1. The molecule has 1 saturated heterocycles. The number of amides is 1. The molecule has 3 aromatic rings.